The molecule has 0 bridgehead atoms. The molecule has 2 atom stereocenters. The van der Waals surface area contributed by atoms with E-state index in [-0.39, 0.29) is 17.8 Å². The van der Waals surface area contributed by atoms with Crippen LogP contribution in [0.1, 0.15) is 49.6 Å². The Morgan fingerprint density at radius 3 is 2.73 bits per heavy atom. The summed E-state index contributed by atoms with van der Waals surface area (Å²) in [6, 6.07) is 10.4. The van der Waals surface area contributed by atoms with Crippen molar-refractivity contribution >= 4 is 0 Å². The van der Waals surface area contributed by atoms with Gasteiger partial charge in [-0.15, -0.1) is 0 Å². The number of fused-ring (bicyclic) bond motifs is 1. The Labute approximate surface area is 130 Å². The molecule has 3 rings (SSSR count). The second-order valence-electron chi connectivity index (χ2n) is 6.58. The minimum atomic E-state index is -0.109. The van der Waals surface area contributed by atoms with Crippen molar-refractivity contribution in [1.82, 2.24) is 10.2 Å². The first kappa shape index (κ1) is 15.1. The van der Waals surface area contributed by atoms with Gasteiger partial charge in [0.25, 0.3) is 5.56 Å². The van der Waals surface area contributed by atoms with Gasteiger partial charge < -0.3 is 9.84 Å². The van der Waals surface area contributed by atoms with E-state index < -0.39 is 0 Å². The first-order valence-electron chi connectivity index (χ1n) is 8.12. The van der Waals surface area contributed by atoms with Gasteiger partial charge in [0.2, 0.25) is 0 Å². The van der Waals surface area contributed by atoms with Crippen LogP contribution in [-0.4, -0.2) is 16.3 Å². The summed E-state index contributed by atoms with van der Waals surface area (Å²) in [6.07, 6.45) is 3.67. The molecule has 1 aromatic carbocycles. The fraction of sp³-hybridized carbons (Fsp3) is 0.500. The average molecular weight is 300 g/mol. The summed E-state index contributed by atoms with van der Waals surface area (Å²) in [7, 11) is 0. The second-order valence-corrected chi connectivity index (χ2v) is 6.58. The first-order valence-corrected chi connectivity index (χ1v) is 8.12. The Kier molecular flexibility index (Phi) is 4.48. The van der Waals surface area contributed by atoms with Gasteiger partial charge in [-0.3, -0.25) is 9.89 Å². The van der Waals surface area contributed by atoms with Gasteiger partial charge in [0.1, 0.15) is 0 Å². The normalized spacial score (nSPS) is 21.0. The summed E-state index contributed by atoms with van der Waals surface area (Å²) >= 11 is 0. The zero-order valence-corrected chi connectivity index (χ0v) is 13.3. The summed E-state index contributed by atoms with van der Waals surface area (Å²) in [6.45, 7) is 4.41. The van der Waals surface area contributed by atoms with Gasteiger partial charge in [0.05, 0.1) is 17.8 Å². The molecule has 4 nitrogen and oxygen atoms in total. The van der Waals surface area contributed by atoms with Crippen LogP contribution < -0.4 is 5.56 Å². The van der Waals surface area contributed by atoms with Gasteiger partial charge in [-0.25, -0.2) is 0 Å². The van der Waals surface area contributed by atoms with E-state index in [1.807, 2.05) is 18.2 Å². The van der Waals surface area contributed by atoms with E-state index in [0.717, 1.165) is 36.9 Å². The highest BCUT2D eigenvalue weighted by Gasteiger charge is 2.31. The van der Waals surface area contributed by atoms with Crippen LogP contribution in [-0.2, 0) is 17.6 Å². The second kappa shape index (κ2) is 6.53. The fourth-order valence-corrected chi connectivity index (χ4v) is 3.30. The molecule has 0 fully saturated rings. The maximum atomic E-state index is 12.0. The van der Waals surface area contributed by atoms with Crippen LogP contribution in [0.5, 0.6) is 0 Å². The number of hydrogen-bond donors (Lipinski definition) is 2. The zero-order valence-electron chi connectivity index (χ0n) is 13.3. The summed E-state index contributed by atoms with van der Waals surface area (Å²) in [5.41, 5.74) is 3.08. The lowest BCUT2D eigenvalue weighted by molar-refractivity contribution is -0.0396. The molecule has 1 aromatic heterocycles. The van der Waals surface area contributed by atoms with Crippen LogP contribution in [0.25, 0.3) is 0 Å². The molecule has 22 heavy (non-hydrogen) atoms. The summed E-state index contributed by atoms with van der Waals surface area (Å²) < 4.78 is 6.24. The van der Waals surface area contributed by atoms with Gasteiger partial charge in [-0.2, -0.15) is 0 Å². The van der Waals surface area contributed by atoms with Crippen LogP contribution in [0.3, 0.4) is 0 Å². The lowest BCUT2D eigenvalue weighted by Crippen LogP contribution is -2.30. The molecule has 0 spiro atoms. The molecule has 118 valence electrons. The number of aromatic amines is 2. The standard InChI is InChI=1S/C18H24N2O2/c1-12(2)10-14-11-15-17(18(21)20-19-15)16(22-14)9-8-13-6-4-3-5-7-13/h3-7,12,14,16H,8-11H2,1-2H3,(H2,19,20,21)/t14-,16+/m1/s1. The number of aryl methyl sites for hydroxylation is 1. The number of rotatable bonds is 5. The molecule has 2 aromatic rings. The summed E-state index contributed by atoms with van der Waals surface area (Å²) in [5.74, 6) is 0.590. The summed E-state index contributed by atoms with van der Waals surface area (Å²) in [4.78, 5) is 12.0. The molecule has 0 unspecified atom stereocenters. The Bertz CT molecular complexity index is 657. The van der Waals surface area contributed by atoms with E-state index in [0.29, 0.717) is 5.92 Å². The van der Waals surface area contributed by atoms with Crippen molar-refractivity contribution in [3.63, 3.8) is 0 Å². The van der Waals surface area contributed by atoms with Crippen LogP contribution in [0.2, 0.25) is 0 Å². The maximum absolute atomic E-state index is 12.0. The smallest absolute Gasteiger partial charge is 0.269 e. The Balaban J connectivity index is 1.76. The average Bonchev–Trinajstić information content (AvgIpc) is 2.87. The van der Waals surface area contributed by atoms with Gasteiger partial charge in [-0.1, -0.05) is 44.2 Å². The van der Waals surface area contributed by atoms with E-state index in [1.54, 1.807) is 0 Å². The molecule has 2 N–H and O–H groups in total. The van der Waals surface area contributed by atoms with Gasteiger partial charge in [0, 0.05) is 12.1 Å². The molecule has 0 saturated heterocycles. The topological polar surface area (TPSA) is 57.9 Å². The minimum absolute atomic E-state index is 0.0314. The molecule has 2 heterocycles. The highest BCUT2D eigenvalue weighted by molar-refractivity contribution is 5.24. The van der Waals surface area contributed by atoms with E-state index in [4.69, 9.17) is 4.74 Å². The predicted molar refractivity (Wildman–Crippen MR) is 86.9 cm³/mol. The van der Waals surface area contributed by atoms with Crippen LogP contribution >= 0.6 is 0 Å². The molecule has 0 aliphatic carbocycles. The summed E-state index contributed by atoms with van der Waals surface area (Å²) in [5, 5.41) is 5.76. The number of ether oxygens (including phenoxy) is 1. The molecular formula is C18H24N2O2. The molecule has 1 aliphatic rings. The van der Waals surface area contributed by atoms with Gasteiger partial charge in [-0.05, 0) is 30.7 Å². The van der Waals surface area contributed by atoms with E-state index in [2.05, 4.69) is 36.2 Å². The quantitative estimate of drug-likeness (QED) is 0.889. The lowest BCUT2D eigenvalue weighted by atomic mass is 9.93. The number of nitrogens with one attached hydrogen (secondary N) is 2. The third kappa shape index (κ3) is 3.33. The van der Waals surface area contributed by atoms with E-state index >= 15 is 0 Å². The molecule has 0 amide bonds. The Morgan fingerprint density at radius 1 is 1.23 bits per heavy atom. The van der Waals surface area contributed by atoms with Crippen molar-refractivity contribution in [1.29, 1.82) is 0 Å². The number of aromatic nitrogens is 2. The minimum Gasteiger partial charge on any atom is -0.370 e. The molecule has 1 aliphatic heterocycles. The molecular weight excluding hydrogens is 276 g/mol. The maximum Gasteiger partial charge on any atom is 0.269 e. The van der Waals surface area contributed by atoms with Crippen LogP contribution in [0.15, 0.2) is 35.1 Å². The first-order chi connectivity index (χ1) is 10.6. The van der Waals surface area contributed by atoms with Crippen molar-refractivity contribution in [2.45, 2.75) is 51.7 Å². The van der Waals surface area contributed by atoms with Gasteiger partial charge >= 0.3 is 0 Å². The molecule has 0 saturated carbocycles. The van der Waals surface area contributed by atoms with E-state index in [1.165, 1.54) is 5.56 Å². The van der Waals surface area contributed by atoms with Crippen LogP contribution in [0.4, 0.5) is 0 Å². The largest absolute Gasteiger partial charge is 0.370 e. The fourth-order valence-electron chi connectivity index (χ4n) is 3.30. The van der Waals surface area contributed by atoms with Crippen LogP contribution in [0, 0.1) is 5.92 Å². The molecule has 4 heteroatoms. The third-order valence-corrected chi connectivity index (χ3v) is 4.28. The van der Waals surface area contributed by atoms with Gasteiger partial charge in [0.15, 0.2) is 0 Å². The number of hydrogen-bond acceptors (Lipinski definition) is 2. The monoisotopic (exact) mass is 300 g/mol. The van der Waals surface area contributed by atoms with Crippen molar-refractivity contribution in [3.05, 3.63) is 57.5 Å². The Morgan fingerprint density at radius 2 is 2.00 bits per heavy atom. The molecule has 0 radical (unpaired) electrons. The van der Waals surface area contributed by atoms with E-state index in [9.17, 15) is 4.79 Å². The number of H-pyrrole nitrogens is 2. The Hall–Kier alpha value is -1.81. The highest BCUT2D eigenvalue weighted by atomic mass is 16.5. The van der Waals surface area contributed by atoms with Crippen molar-refractivity contribution in [2.75, 3.05) is 0 Å². The van der Waals surface area contributed by atoms with Crippen molar-refractivity contribution in [2.24, 2.45) is 5.92 Å². The predicted octanol–water partition coefficient (Wildman–Crippen LogP) is 3.36. The third-order valence-electron chi connectivity index (χ3n) is 4.28. The van der Waals surface area contributed by atoms with Crippen molar-refractivity contribution in [3.8, 4) is 0 Å². The number of benzene rings is 1. The van der Waals surface area contributed by atoms with Crippen molar-refractivity contribution < 1.29 is 4.74 Å². The SMILES string of the molecule is CC(C)C[C@@H]1Cc2[nH][nH]c(=O)c2[C@H](CCc2ccccc2)O1. The lowest BCUT2D eigenvalue weighted by Gasteiger charge is -2.30. The highest BCUT2D eigenvalue weighted by Crippen LogP contribution is 2.32. The zero-order chi connectivity index (χ0) is 15.5.